The Morgan fingerprint density at radius 2 is 2.29 bits per heavy atom. The Morgan fingerprint density at radius 1 is 1.36 bits per heavy atom. The molecule has 3 N–H and O–H groups in total. The first kappa shape index (κ1) is 10.7. The minimum Gasteiger partial charge on any atom is -0.390 e. The second-order valence-corrected chi connectivity index (χ2v) is 5.64. The number of hydrogen-bond donors (Lipinski definition) is 3. The van der Waals surface area contributed by atoms with Crippen LogP contribution in [0.2, 0.25) is 0 Å². The summed E-state index contributed by atoms with van der Waals surface area (Å²) < 4.78 is 0. The van der Waals surface area contributed by atoms with Crippen molar-refractivity contribution in [1.29, 1.82) is 0 Å². The topological polar surface area (TPSA) is 44.3 Å². The summed E-state index contributed by atoms with van der Waals surface area (Å²) >= 11 is 2.08. The van der Waals surface area contributed by atoms with Crippen LogP contribution in [-0.4, -0.2) is 47.9 Å². The molecule has 2 saturated heterocycles. The zero-order valence-electron chi connectivity index (χ0n) is 8.54. The third kappa shape index (κ3) is 2.86. The van der Waals surface area contributed by atoms with Gasteiger partial charge < -0.3 is 15.7 Å². The summed E-state index contributed by atoms with van der Waals surface area (Å²) in [6.07, 6.45) is 3.91. The standard InChI is InChI=1S/C10H20N2OS/c13-10-7-11-6-9(10)12-5-8-3-1-2-4-14-8/h8-13H,1-7H2/t8?,9-,10-/m1/s1. The number of rotatable bonds is 3. The fourth-order valence-electron chi connectivity index (χ4n) is 2.12. The van der Waals surface area contributed by atoms with Crippen molar-refractivity contribution in [2.45, 2.75) is 36.7 Å². The van der Waals surface area contributed by atoms with E-state index in [1.807, 2.05) is 0 Å². The van der Waals surface area contributed by atoms with E-state index in [9.17, 15) is 5.11 Å². The second-order valence-electron chi connectivity index (χ2n) is 4.23. The van der Waals surface area contributed by atoms with Crippen molar-refractivity contribution in [3.05, 3.63) is 0 Å². The molecule has 4 heteroatoms. The zero-order chi connectivity index (χ0) is 9.80. The molecule has 0 spiro atoms. The summed E-state index contributed by atoms with van der Waals surface area (Å²) in [5.41, 5.74) is 0. The highest BCUT2D eigenvalue weighted by atomic mass is 32.2. The van der Waals surface area contributed by atoms with Crippen LogP contribution in [0.25, 0.3) is 0 Å². The molecule has 0 radical (unpaired) electrons. The molecule has 2 rings (SSSR count). The van der Waals surface area contributed by atoms with Gasteiger partial charge in [-0.2, -0.15) is 11.8 Å². The average Bonchev–Trinajstić information content (AvgIpc) is 2.63. The monoisotopic (exact) mass is 216 g/mol. The van der Waals surface area contributed by atoms with Crippen LogP contribution in [0.4, 0.5) is 0 Å². The third-order valence-corrected chi connectivity index (χ3v) is 4.46. The van der Waals surface area contributed by atoms with E-state index < -0.39 is 0 Å². The molecule has 0 aromatic rings. The van der Waals surface area contributed by atoms with Crippen LogP contribution < -0.4 is 10.6 Å². The summed E-state index contributed by atoms with van der Waals surface area (Å²) in [4.78, 5) is 0. The molecule has 1 unspecified atom stereocenters. The smallest absolute Gasteiger partial charge is 0.0829 e. The number of aliphatic hydroxyl groups excluding tert-OH is 1. The largest absolute Gasteiger partial charge is 0.390 e. The third-order valence-electron chi connectivity index (χ3n) is 3.06. The van der Waals surface area contributed by atoms with Gasteiger partial charge in [0.1, 0.15) is 0 Å². The van der Waals surface area contributed by atoms with Gasteiger partial charge in [0, 0.05) is 30.9 Å². The second kappa shape index (κ2) is 5.35. The highest BCUT2D eigenvalue weighted by Gasteiger charge is 2.25. The zero-order valence-corrected chi connectivity index (χ0v) is 9.35. The first-order chi connectivity index (χ1) is 6.86. The minimum absolute atomic E-state index is 0.191. The van der Waals surface area contributed by atoms with E-state index in [1.54, 1.807) is 0 Å². The molecule has 82 valence electrons. The van der Waals surface area contributed by atoms with E-state index in [0.717, 1.165) is 24.9 Å². The molecule has 2 aliphatic rings. The molecule has 0 aromatic heterocycles. The molecule has 0 aromatic carbocycles. The van der Waals surface area contributed by atoms with Gasteiger partial charge in [-0.3, -0.25) is 0 Å². The number of aliphatic hydroxyl groups is 1. The molecule has 2 aliphatic heterocycles. The lowest BCUT2D eigenvalue weighted by atomic mass is 10.1. The maximum Gasteiger partial charge on any atom is 0.0829 e. The molecule has 0 aliphatic carbocycles. The molecule has 3 atom stereocenters. The van der Waals surface area contributed by atoms with Gasteiger partial charge in [0.2, 0.25) is 0 Å². The first-order valence-corrected chi connectivity index (χ1v) is 6.65. The Balaban J connectivity index is 1.65. The van der Waals surface area contributed by atoms with E-state index >= 15 is 0 Å². The van der Waals surface area contributed by atoms with Crippen molar-refractivity contribution in [3.63, 3.8) is 0 Å². The van der Waals surface area contributed by atoms with E-state index in [4.69, 9.17) is 0 Å². The highest BCUT2D eigenvalue weighted by Crippen LogP contribution is 2.24. The van der Waals surface area contributed by atoms with Gasteiger partial charge in [0.15, 0.2) is 0 Å². The Morgan fingerprint density at radius 3 is 2.93 bits per heavy atom. The van der Waals surface area contributed by atoms with E-state index in [1.165, 1.54) is 25.0 Å². The van der Waals surface area contributed by atoms with Crippen LogP contribution in [0.1, 0.15) is 19.3 Å². The lowest BCUT2D eigenvalue weighted by Gasteiger charge is -2.24. The Bertz CT molecular complexity index is 174. The molecule has 3 nitrogen and oxygen atoms in total. The summed E-state index contributed by atoms with van der Waals surface area (Å²) in [6.45, 7) is 2.72. The van der Waals surface area contributed by atoms with Gasteiger partial charge in [0.25, 0.3) is 0 Å². The van der Waals surface area contributed by atoms with Gasteiger partial charge in [-0.05, 0) is 18.6 Å². The molecular weight excluding hydrogens is 196 g/mol. The van der Waals surface area contributed by atoms with Crippen LogP contribution in [0.3, 0.4) is 0 Å². The fourth-order valence-corrected chi connectivity index (χ4v) is 3.38. The van der Waals surface area contributed by atoms with E-state index in [-0.39, 0.29) is 12.1 Å². The van der Waals surface area contributed by atoms with Crippen molar-refractivity contribution >= 4 is 11.8 Å². The molecule has 0 amide bonds. The SMILES string of the molecule is O[C@@H]1CNC[C@H]1NCC1CCCCS1. The summed E-state index contributed by atoms with van der Waals surface area (Å²) in [7, 11) is 0. The van der Waals surface area contributed by atoms with Crippen LogP contribution >= 0.6 is 11.8 Å². The molecule has 0 bridgehead atoms. The van der Waals surface area contributed by atoms with Crippen molar-refractivity contribution in [3.8, 4) is 0 Å². The minimum atomic E-state index is -0.191. The van der Waals surface area contributed by atoms with Crippen molar-refractivity contribution in [2.24, 2.45) is 0 Å². The lowest BCUT2D eigenvalue weighted by Crippen LogP contribution is -2.42. The Kier molecular flexibility index (Phi) is 4.10. The Hall–Kier alpha value is 0.230. The van der Waals surface area contributed by atoms with E-state index in [0.29, 0.717) is 0 Å². The number of β-amino-alcohol motifs (C(OH)–C–C–N with tert-alkyl or cyclic N) is 1. The fraction of sp³-hybridized carbons (Fsp3) is 1.00. The molecule has 14 heavy (non-hydrogen) atoms. The van der Waals surface area contributed by atoms with Gasteiger partial charge in [-0.25, -0.2) is 0 Å². The average molecular weight is 216 g/mol. The van der Waals surface area contributed by atoms with Crippen LogP contribution in [0.5, 0.6) is 0 Å². The first-order valence-electron chi connectivity index (χ1n) is 5.60. The summed E-state index contributed by atoms with van der Waals surface area (Å²) in [6, 6.07) is 0.275. The van der Waals surface area contributed by atoms with Crippen molar-refractivity contribution < 1.29 is 5.11 Å². The quantitative estimate of drug-likeness (QED) is 0.630. The van der Waals surface area contributed by atoms with Gasteiger partial charge in [-0.15, -0.1) is 0 Å². The van der Waals surface area contributed by atoms with Gasteiger partial charge in [0.05, 0.1) is 6.10 Å². The maximum absolute atomic E-state index is 9.59. The van der Waals surface area contributed by atoms with Gasteiger partial charge in [-0.1, -0.05) is 6.42 Å². The Labute approximate surface area is 90.0 Å². The predicted molar refractivity (Wildman–Crippen MR) is 60.8 cm³/mol. The van der Waals surface area contributed by atoms with Crippen LogP contribution in [0.15, 0.2) is 0 Å². The summed E-state index contributed by atoms with van der Waals surface area (Å²) in [5.74, 6) is 1.32. The molecule has 2 heterocycles. The van der Waals surface area contributed by atoms with Crippen LogP contribution in [-0.2, 0) is 0 Å². The van der Waals surface area contributed by atoms with Crippen LogP contribution in [0, 0.1) is 0 Å². The lowest BCUT2D eigenvalue weighted by molar-refractivity contribution is 0.163. The number of thioether (sulfide) groups is 1. The number of nitrogens with one attached hydrogen (secondary N) is 2. The number of hydrogen-bond acceptors (Lipinski definition) is 4. The highest BCUT2D eigenvalue weighted by molar-refractivity contribution is 7.99. The van der Waals surface area contributed by atoms with Crippen molar-refractivity contribution in [1.82, 2.24) is 10.6 Å². The molecule has 0 saturated carbocycles. The molecular formula is C10H20N2OS. The van der Waals surface area contributed by atoms with Crippen molar-refractivity contribution in [2.75, 3.05) is 25.4 Å². The summed E-state index contributed by atoms with van der Waals surface area (Å²) in [5, 5.41) is 17.0. The normalized spacial score (nSPS) is 38.8. The molecule has 2 fully saturated rings. The maximum atomic E-state index is 9.59. The van der Waals surface area contributed by atoms with E-state index in [2.05, 4.69) is 22.4 Å². The van der Waals surface area contributed by atoms with Gasteiger partial charge >= 0.3 is 0 Å². The predicted octanol–water partition coefficient (Wildman–Crippen LogP) is 0.194.